The second-order valence-electron chi connectivity index (χ2n) is 4.33. The molecule has 2 aromatic carbocycles. The Hall–Kier alpha value is -2.55. The topological polar surface area (TPSA) is 76.0 Å². The van der Waals surface area contributed by atoms with Crippen LogP contribution in [0.1, 0.15) is 5.56 Å². The lowest BCUT2D eigenvalue weighted by atomic mass is 10.1. The maximum absolute atomic E-state index is 13.0. The summed E-state index contributed by atoms with van der Waals surface area (Å²) in [5.41, 5.74) is -1.80. The number of nitrogens with zero attached hydrogens (tertiary/aromatic N) is 1. The molecule has 0 spiro atoms. The van der Waals surface area contributed by atoms with Crippen LogP contribution in [-0.4, -0.2) is 25.4 Å². The van der Waals surface area contributed by atoms with Gasteiger partial charge in [-0.15, -0.1) is 0 Å². The first-order valence-corrected chi connectivity index (χ1v) is 7.54. The molecule has 2 aromatic rings. The summed E-state index contributed by atoms with van der Waals surface area (Å²) in [5, 5.41) is 11.9. The quantitative estimate of drug-likeness (QED) is 0.682. The molecule has 23 heavy (non-hydrogen) atoms. The first kappa shape index (κ1) is 16.8. The van der Waals surface area contributed by atoms with Crippen molar-refractivity contribution in [3.05, 3.63) is 60.2 Å². The molecule has 0 amide bonds. The van der Waals surface area contributed by atoms with Gasteiger partial charge in [-0.2, -0.15) is 21.6 Å². The molecule has 0 fully saturated rings. The third-order valence-corrected chi connectivity index (χ3v) is 3.79. The molecule has 0 aliphatic rings. The average Bonchev–Trinajstić information content (AvgIpc) is 2.47. The van der Waals surface area contributed by atoms with Gasteiger partial charge in [0.25, 0.3) is 0 Å². The van der Waals surface area contributed by atoms with Crippen LogP contribution in [0.3, 0.4) is 0 Å². The van der Waals surface area contributed by atoms with E-state index in [0.717, 1.165) is 36.4 Å². The molecular weight excluding hydrogens is 335 g/mol. The van der Waals surface area contributed by atoms with Crippen molar-refractivity contribution >= 4 is 15.8 Å². The Balaban J connectivity index is 2.36. The van der Waals surface area contributed by atoms with Crippen LogP contribution in [0.25, 0.3) is 0 Å². The normalized spacial score (nSPS) is 12.9. The number of hydrogen-bond donors (Lipinski definition) is 1. The van der Waals surface area contributed by atoms with E-state index in [1.165, 1.54) is 18.2 Å². The fourth-order valence-corrected chi connectivity index (χ4v) is 2.33. The highest BCUT2D eigenvalue weighted by atomic mass is 32.2. The lowest BCUT2D eigenvalue weighted by Crippen LogP contribution is -2.25. The van der Waals surface area contributed by atoms with E-state index in [1.54, 1.807) is 0 Å². The minimum Gasteiger partial charge on any atom is -0.508 e. The van der Waals surface area contributed by atoms with Gasteiger partial charge in [-0.05, 0) is 24.3 Å². The smallest absolute Gasteiger partial charge is 0.437 e. The largest absolute Gasteiger partial charge is 0.508 e. The zero-order valence-electron chi connectivity index (χ0n) is 11.4. The Bertz CT molecular complexity index is 800. The SMILES string of the molecule is O=S(=O)(ON=C(c1ccccc1)C(F)(F)F)c1ccc(O)cc1. The molecule has 0 aromatic heterocycles. The van der Waals surface area contributed by atoms with Gasteiger partial charge in [0.2, 0.25) is 0 Å². The Morgan fingerprint density at radius 3 is 2.09 bits per heavy atom. The van der Waals surface area contributed by atoms with Gasteiger partial charge in [0.1, 0.15) is 10.6 Å². The van der Waals surface area contributed by atoms with Crippen molar-refractivity contribution in [2.75, 3.05) is 0 Å². The van der Waals surface area contributed by atoms with Crippen molar-refractivity contribution in [3.8, 4) is 5.75 Å². The zero-order valence-corrected chi connectivity index (χ0v) is 12.2. The van der Waals surface area contributed by atoms with E-state index in [0.29, 0.717) is 0 Å². The molecule has 5 nitrogen and oxygen atoms in total. The van der Waals surface area contributed by atoms with Crippen LogP contribution in [0.2, 0.25) is 0 Å². The van der Waals surface area contributed by atoms with Crippen molar-refractivity contribution in [2.45, 2.75) is 11.1 Å². The van der Waals surface area contributed by atoms with Gasteiger partial charge >= 0.3 is 16.3 Å². The van der Waals surface area contributed by atoms with Gasteiger partial charge in [0.15, 0.2) is 5.71 Å². The van der Waals surface area contributed by atoms with Crippen molar-refractivity contribution in [2.24, 2.45) is 5.16 Å². The first-order chi connectivity index (χ1) is 10.7. The van der Waals surface area contributed by atoms with Crippen molar-refractivity contribution < 1.29 is 31.0 Å². The van der Waals surface area contributed by atoms with E-state index in [2.05, 4.69) is 9.44 Å². The number of phenolic OH excluding ortho intramolecular Hbond substituents is 1. The van der Waals surface area contributed by atoms with Gasteiger partial charge in [0.05, 0.1) is 0 Å². The molecule has 122 valence electrons. The van der Waals surface area contributed by atoms with Crippen LogP contribution >= 0.6 is 0 Å². The van der Waals surface area contributed by atoms with Crippen molar-refractivity contribution in [1.82, 2.24) is 0 Å². The van der Waals surface area contributed by atoms with Gasteiger partial charge in [-0.25, -0.2) is 0 Å². The lowest BCUT2D eigenvalue weighted by Gasteiger charge is -2.10. The number of aromatic hydroxyl groups is 1. The maximum Gasteiger partial charge on any atom is 0.437 e. The Morgan fingerprint density at radius 1 is 1.00 bits per heavy atom. The third-order valence-electron chi connectivity index (χ3n) is 2.67. The van der Waals surface area contributed by atoms with Gasteiger partial charge < -0.3 is 5.11 Å². The van der Waals surface area contributed by atoms with Crippen molar-refractivity contribution in [3.63, 3.8) is 0 Å². The standard InChI is InChI=1S/C14H10F3NO4S/c15-14(16,17)13(10-4-2-1-3-5-10)18-22-23(20,21)12-8-6-11(19)7-9-12/h1-9,19H. The van der Waals surface area contributed by atoms with E-state index in [9.17, 15) is 21.6 Å². The summed E-state index contributed by atoms with van der Waals surface area (Å²) in [7, 11) is -4.54. The van der Waals surface area contributed by atoms with Crippen LogP contribution in [0.4, 0.5) is 13.2 Å². The van der Waals surface area contributed by atoms with E-state index >= 15 is 0 Å². The maximum atomic E-state index is 13.0. The molecule has 1 N–H and O–H groups in total. The summed E-state index contributed by atoms with van der Waals surface area (Å²) in [6.07, 6.45) is -4.90. The third kappa shape index (κ3) is 4.22. The number of hydrogen-bond acceptors (Lipinski definition) is 5. The van der Waals surface area contributed by atoms with Crippen LogP contribution in [0.5, 0.6) is 5.75 Å². The highest BCUT2D eigenvalue weighted by Gasteiger charge is 2.38. The summed E-state index contributed by atoms with van der Waals surface area (Å²) in [5.74, 6) is -0.201. The van der Waals surface area contributed by atoms with E-state index in [4.69, 9.17) is 5.11 Å². The Kier molecular flexibility index (Phi) is 4.60. The van der Waals surface area contributed by atoms with E-state index in [-0.39, 0.29) is 11.3 Å². The molecule has 0 heterocycles. The van der Waals surface area contributed by atoms with Gasteiger partial charge in [0, 0.05) is 5.56 Å². The van der Waals surface area contributed by atoms with Crippen LogP contribution in [-0.2, 0) is 14.4 Å². The average molecular weight is 345 g/mol. The first-order valence-electron chi connectivity index (χ1n) is 6.13. The summed E-state index contributed by atoms with van der Waals surface area (Å²) in [4.78, 5) is -0.436. The molecule has 0 saturated carbocycles. The second-order valence-corrected chi connectivity index (χ2v) is 5.85. The molecule has 0 aliphatic heterocycles. The van der Waals surface area contributed by atoms with Crippen LogP contribution in [0, 0.1) is 0 Å². The lowest BCUT2D eigenvalue weighted by molar-refractivity contribution is -0.0597. The van der Waals surface area contributed by atoms with Crippen LogP contribution in [0.15, 0.2) is 64.6 Å². The summed E-state index contributed by atoms with van der Waals surface area (Å²) in [6, 6.07) is 10.5. The molecule has 0 saturated heterocycles. The minimum atomic E-state index is -4.90. The van der Waals surface area contributed by atoms with Crippen molar-refractivity contribution in [1.29, 1.82) is 0 Å². The summed E-state index contributed by atoms with van der Waals surface area (Å²) in [6.45, 7) is 0. The summed E-state index contributed by atoms with van der Waals surface area (Å²) >= 11 is 0. The highest BCUT2D eigenvalue weighted by molar-refractivity contribution is 7.86. The summed E-state index contributed by atoms with van der Waals surface area (Å²) < 4.78 is 66.8. The van der Waals surface area contributed by atoms with Gasteiger partial charge in [-0.3, -0.25) is 4.28 Å². The molecule has 0 aliphatic carbocycles. The fraction of sp³-hybridized carbons (Fsp3) is 0.0714. The second kappa shape index (κ2) is 6.29. The number of rotatable bonds is 4. The highest BCUT2D eigenvalue weighted by Crippen LogP contribution is 2.24. The number of phenols is 1. The zero-order chi connectivity index (χ0) is 17.1. The van der Waals surface area contributed by atoms with E-state index < -0.39 is 26.9 Å². The molecule has 2 rings (SSSR count). The molecule has 0 bridgehead atoms. The number of oxime groups is 1. The molecule has 0 radical (unpaired) electrons. The number of benzene rings is 2. The monoisotopic (exact) mass is 345 g/mol. The Labute approximate surface area is 129 Å². The predicted octanol–water partition coefficient (Wildman–Crippen LogP) is 3.06. The number of alkyl halides is 3. The fourth-order valence-electron chi connectivity index (χ4n) is 1.61. The van der Waals surface area contributed by atoms with Gasteiger partial charge in [-0.1, -0.05) is 35.5 Å². The molecular formula is C14H10F3NO4S. The van der Waals surface area contributed by atoms with Crippen LogP contribution < -0.4 is 0 Å². The minimum absolute atomic E-state index is 0.201. The predicted molar refractivity (Wildman–Crippen MR) is 75.4 cm³/mol. The molecule has 0 atom stereocenters. The number of halogens is 3. The molecule has 9 heteroatoms. The molecule has 0 unspecified atom stereocenters. The Morgan fingerprint density at radius 2 is 1.57 bits per heavy atom. The van der Waals surface area contributed by atoms with E-state index in [1.807, 2.05) is 0 Å².